The predicted octanol–water partition coefficient (Wildman–Crippen LogP) is 4.47. The molecule has 0 saturated carbocycles. The molecule has 2 rings (SSSR count). The van der Waals surface area contributed by atoms with Crippen molar-refractivity contribution in [2.45, 2.75) is 12.5 Å². The molecule has 0 bridgehead atoms. The molecule has 0 amide bonds. The van der Waals surface area contributed by atoms with Crippen LogP contribution in [0.5, 0.6) is 11.5 Å². The normalized spacial score (nSPS) is 12.0. The molecule has 0 aromatic heterocycles. The average Bonchev–Trinajstić information content (AvgIpc) is 2.46. The molecule has 1 unspecified atom stereocenters. The summed E-state index contributed by atoms with van der Waals surface area (Å²) in [5.41, 5.74) is 8.50. The first-order chi connectivity index (χ1) is 10.0. The average molecular weight is 415 g/mol. The van der Waals surface area contributed by atoms with Crippen LogP contribution in [0.1, 0.15) is 17.2 Å². The van der Waals surface area contributed by atoms with E-state index in [0.29, 0.717) is 0 Å². The van der Waals surface area contributed by atoms with Crippen LogP contribution in [0, 0.1) is 0 Å². The monoisotopic (exact) mass is 413 g/mol. The smallest absolute Gasteiger partial charge is 0.160 e. The van der Waals surface area contributed by atoms with E-state index in [1.165, 1.54) is 0 Å². The van der Waals surface area contributed by atoms with Gasteiger partial charge in [-0.1, -0.05) is 37.9 Å². The summed E-state index contributed by atoms with van der Waals surface area (Å²) in [6, 6.07) is 11.9. The van der Waals surface area contributed by atoms with Crippen molar-refractivity contribution in [3.05, 3.63) is 56.5 Å². The number of hydrogen-bond donors (Lipinski definition) is 1. The second kappa shape index (κ2) is 7.29. The molecule has 0 heterocycles. The van der Waals surface area contributed by atoms with Gasteiger partial charge in [0.05, 0.1) is 14.2 Å². The molecule has 0 fully saturated rings. The van der Waals surface area contributed by atoms with Crippen molar-refractivity contribution in [2.24, 2.45) is 5.73 Å². The zero-order valence-corrected chi connectivity index (χ0v) is 15.1. The molecule has 21 heavy (non-hydrogen) atoms. The van der Waals surface area contributed by atoms with Crippen molar-refractivity contribution >= 4 is 31.9 Å². The van der Waals surface area contributed by atoms with Gasteiger partial charge >= 0.3 is 0 Å². The zero-order valence-electron chi connectivity index (χ0n) is 11.9. The Kier molecular flexibility index (Phi) is 5.67. The number of methoxy groups -OCH3 is 2. The summed E-state index contributed by atoms with van der Waals surface area (Å²) in [4.78, 5) is 0. The summed E-state index contributed by atoms with van der Waals surface area (Å²) in [5.74, 6) is 1.44. The minimum absolute atomic E-state index is 0.0862. The fourth-order valence-corrected chi connectivity index (χ4v) is 3.50. The minimum Gasteiger partial charge on any atom is -0.493 e. The van der Waals surface area contributed by atoms with E-state index >= 15 is 0 Å². The van der Waals surface area contributed by atoms with Crippen LogP contribution in [0.15, 0.2) is 45.3 Å². The number of halogens is 2. The molecule has 2 aromatic carbocycles. The standard InChI is InChI=1S/C16H17Br2NO2/c1-20-15-4-3-10(6-16(15)21-2)5-14(19)11-7-12(17)9-13(18)8-11/h3-4,6-9,14H,5,19H2,1-2H3. The van der Waals surface area contributed by atoms with Gasteiger partial charge in [0.1, 0.15) is 0 Å². The van der Waals surface area contributed by atoms with Crippen LogP contribution < -0.4 is 15.2 Å². The fourth-order valence-electron chi connectivity index (χ4n) is 2.17. The maximum Gasteiger partial charge on any atom is 0.160 e. The first kappa shape index (κ1) is 16.3. The van der Waals surface area contributed by atoms with Crippen molar-refractivity contribution in [3.8, 4) is 11.5 Å². The van der Waals surface area contributed by atoms with Crippen molar-refractivity contribution < 1.29 is 9.47 Å². The van der Waals surface area contributed by atoms with Gasteiger partial charge < -0.3 is 15.2 Å². The molecule has 3 nitrogen and oxygen atoms in total. The zero-order chi connectivity index (χ0) is 15.4. The Morgan fingerprint density at radius 3 is 2.14 bits per heavy atom. The van der Waals surface area contributed by atoms with Crippen LogP contribution in [-0.2, 0) is 6.42 Å². The summed E-state index contributed by atoms with van der Waals surface area (Å²) in [6.07, 6.45) is 0.725. The third-order valence-corrected chi connectivity index (χ3v) is 4.13. The number of nitrogens with two attached hydrogens (primary N) is 1. The molecule has 5 heteroatoms. The van der Waals surface area contributed by atoms with E-state index in [2.05, 4.69) is 31.9 Å². The van der Waals surface area contributed by atoms with Crippen LogP contribution in [0.4, 0.5) is 0 Å². The summed E-state index contributed by atoms with van der Waals surface area (Å²) in [7, 11) is 3.26. The molecule has 0 radical (unpaired) electrons. The molecular weight excluding hydrogens is 398 g/mol. The van der Waals surface area contributed by atoms with Gasteiger partial charge in [0, 0.05) is 15.0 Å². The van der Waals surface area contributed by atoms with E-state index in [1.54, 1.807) is 14.2 Å². The molecule has 0 aliphatic rings. The van der Waals surface area contributed by atoms with Gasteiger partial charge in [-0.05, 0) is 47.9 Å². The van der Waals surface area contributed by atoms with E-state index in [4.69, 9.17) is 15.2 Å². The molecule has 2 N–H and O–H groups in total. The summed E-state index contributed by atoms with van der Waals surface area (Å²) >= 11 is 6.97. The molecule has 112 valence electrons. The molecule has 1 atom stereocenters. The van der Waals surface area contributed by atoms with Gasteiger partial charge in [-0.3, -0.25) is 0 Å². The van der Waals surface area contributed by atoms with Crippen LogP contribution in [-0.4, -0.2) is 14.2 Å². The third kappa shape index (κ3) is 4.22. The molecule has 0 spiro atoms. The van der Waals surface area contributed by atoms with Crippen LogP contribution in [0.3, 0.4) is 0 Å². The summed E-state index contributed by atoms with van der Waals surface area (Å²) in [5, 5.41) is 0. The van der Waals surface area contributed by atoms with Crippen LogP contribution in [0.25, 0.3) is 0 Å². The van der Waals surface area contributed by atoms with Gasteiger partial charge in [-0.15, -0.1) is 0 Å². The minimum atomic E-state index is -0.0862. The molecular formula is C16H17Br2NO2. The van der Waals surface area contributed by atoms with Gasteiger partial charge in [-0.2, -0.15) is 0 Å². The van der Waals surface area contributed by atoms with Crippen molar-refractivity contribution in [2.75, 3.05) is 14.2 Å². The summed E-state index contributed by atoms with van der Waals surface area (Å²) < 4.78 is 12.6. The number of benzene rings is 2. The first-order valence-corrected chi connectivity index (χ1v) is 8.04. The fraction of sp³-hybridized carbons (Fsp3) is 0.250. The van der Waals surface area contributed by atoms with Crippen molar-refractivity contribution in [1.29, 1.82) is 0 Å². The van der Waals surface area contributed by atoms with Crippen LogP contribution in [0.2, 0.25) is 0 Å². The van der Waals surface area contributed by atoms with Gasteiger partial charge in [0.25, 0.3) is 0 Å². The quantitative estimate of drug-likeness (QED) is 0.784. The van der Waals surface area contributed by atoms with E-state index in [-0.39, 0.29) is 6.04 Å². The molecule has 0 aliphatic heterocycles. The topological polar surface area (TPSA) is 44.5 Å². The Hall–Kier alpha value is -1.04. The Morgan fingerprint density at radius 2 is 1.57 bits per heavy atom. The Bertz CT molecular complexity index is 611. The van der Waals surface area contributed by atoms with Crippen molar-refractivity contribution in [1.82, 2.24) is 0 Å². The van der Waals surface area contributed by atoms with E-state index in [9.17, 15) is 0 Å². The summed E-state index contributed by atoms with van der Waals surface area (Å²) in [6.45, 7) is 0. The highest BCUT2D eigenvalue weighted by Gasteiger charge is 2.11. The second-order valence-electron chi connectivity index (χ2n) is 4.70. The second-order valence-corrected chi connectivity index (χ2v) is 6.53. The Labute approximate surface area is 141 Å². The maximum absolute atomic E-state index is 6.31. The highest BCUT2D eigenvalue weighted by molar-refractivity contribution is 9.11. The molecule has 0 aliphatic carbocycles. The number of rotatable bonds is 5. The maximum atomic E-state index is 6.31. The molecule has 0 saturated heterocycles. The van der Waals surface area contributed by atoms with Gasteiger partial charge in [0.2, 0.25) is 0 Å². The van der Waals surface area contributed by atoms with E-state index in [1.807, 2.05) is 36.4 Å². The Balaban J connectivity index is 2.20. The number of hydrogen-bond acceptors (Lipinski definition) is 3. The Morgan fingerprint density at radius 1 is 0.952 bits per heavy atom. The third-order valence-electron chi connectivity index (χ3n) is 3.22. The van der Waals surface area contributed by atoms with Crippen LogP contribution >= 0.6 is 31.9 Å². The van der Waals surface area contributed by atoms with Gasteiger partial charge in [0.15, 0.2) is 11.5 Å². The largest absolute Gasteiger partial charge is 0.493 e. The lowest BCUT2D eigenvalue weighted by Gasteiger charge is -2.15. The lowest BCUT2D eigenvalue weighted by Crippen LogP contribution is -2.13. The van der Waals surface area contributed by atoms with E-state index in [0.717, 1.165) is 38.0 Å². The SMILES string of the molecule is COc1ccc(CC(N)c2cc(Br)cc(Br)c2)cc1OC. The van der Waals surface area contributed by atoms with E-state index < -0.39 is 0 Å². The highest BCUT2D eigenvalue weighted by Crippen LogP contribution is 2.30. The highest BCUT2D eigenvalue weighted by atomic mass is 79.9. The van der Waals surface area contributed by atoms with Gasteiger partial charge in [-0.25, -0.2) is 0 Å². The van der Waals surface area contributed by atoms with Crippen molar-refractivity contribution in [3.63, 3.8) is 0 Å². The lowest BCUT2D eigenvalue weighted by atomic mass is 9.99. The molecule has 2 aromatic rings. The lowest BCUT2D eigenvalue weighted by molar-refractivity contribution is 0.354. The predicted molar refractivity (Wildman–Crippen MR) is 92.0 cm³/mol. The number of ether oxygens (including phenoxy) is 2. The first-order valence-electron chi connectivity index (χ1n) is 6.46.